The molecule has 0 fully saturated rings. The van der Waals surface area contributed by atoms with Gasteiger partial charge in [0.2, 0.25) is 0 Å². The Morgan fingerprint density at radius 1 is 0.619 bits per heavy atom. The van der Waals surface area contributed by atoms with E-state index < -0.39 is 0 Å². The highest BCUT2D eigenvalue weighted by molar-refractivity contribution is 6.08. The third-order valence-corrected chi connectivity index (χ3v) is 3.95. The van der Waals surface area contributed by atoms with Gasteiger partial charge in [0.1, 0.15) is 0 Å². The molecule has 0 unspecified atom stereocenters. The molecule has 0 aliphatic rings. The molecule has 1 heterocycles. The van der Waals surface area contributed by atoms with Crippen LogP contribution in [0.25, 0.3) is 33.1 Å². The SMILES string of the molecule is Cc1ccccc1-c1c2ccccc2[o+]c2ccccc12. The Bertz CT molecular complexity index is 900. The Balaban J connectivity index is 2.25. The van der Waals surface area contributed by atoms with Crippen LogP contribution in [0.5, 0.6) is 0 Å². The average molecular weight is 271 g/mol. The second-order valence-corrected chi connectivity index (χ2v) is 5.28. The molecule has 0 radical (unpaired) electrons. The van der Waals surface area contributed by atoms with E-state index in [0.717, 1.165) is 21.9 Å². The molecule has 1 aromatic heterocycles. The Labute approximate surface area is 123 Å². The lowest BCUT2D eigenvalue weighted by molar-refractivity contribution is 0.661. The van der Waals surface area contributed by atoms with Gasteiger partial charge < -0.3 is 0 Å². The molecule has 0 amide bonds. The zero-order valence-corrected chi connectivity index (χ0v) is 11.8. The van der Waals surface area contributed by atoms with E-state index >= 15 is 0 Å². The number of hydrogen-bond acceptors (Lipinski definition) is 0. The summed E-state index contributed by atoms with van der Waals surface area (Å²) in [4.78, 5) is 0. The highest BCUT2D eigenvalue weighted by atomic mass is 16.3. The third kappa shape index (κ3) is 1.90. The molecule has 0 aliphatic carbocycles. The van der Waals surface area contributed by atoms with E-state index in [1.54, 1.807) is 0 Å². The minimum absolute atomic E-state index is 0.925. The average Bonchev–Trinajstić information content (AvgIpc) is 2.53. The first kappa shape index (κ1) is 12.1. The van der Waals surface area contributed by atoms with E-state index in [1.165, 1.54) is 16.7 Å². The minimum atomic E-state index is 0.925. The quantitative estimate of drug-likeness (QED) is 0.312. The molecular weight excluding hydrogens is 256 g/mol. The maximum Gasteiger partial charge on any atom is 0.361 e. The van der Waals surface area contributed by atoms with E-state index in [-0.39, 0.29) is 0 Å². The Kier molecular flexibility index (Phi) is 2.71. The predicted octanol–water partition coefficient (Wildman–Crippen LogP) is 5.84. The first-order valence-electron chi connectivity index (χ1n) is 7.14. The van der Waals surface area contributed by atoms with Crippen LogP contribution in [0.4, 0.5) is 0 Å². The van der Waals surface area contributed by atoms with Crippen molar-refractivity contribution in [3.63, 3.8) is 0 Å². The number of rotatable bonds is 1. The lowest BCUT2D eigenvalue weighted by Crippen LogP contribution is -1.87. The normalized spacial score (nSPS) is 11.1. The molecule has 21 heavy (non-hydrogen) atoms. The van der Waals surface area contributed by atoms with Crippen molar-refractivity contribution in [2.75, 3.05) is 0 Å². The summed E-state index contributed by atoms with van der Waals surface area (Å²) in [6.07, 6.45) is 0. The zero-order chi connectivity index (χ0) is 14.2. The first-order chi connectivity index (χ1) is 10.3. The molecule has 4 rings (SSSR count). The number of hydrogen-bond donors (Lipinski definition) is 0. The van der Waals surface area contributed by atoms with Gasteiger partial charge in [-0.05, 0) is 30.2 Å². The monoisotopic (exact) mass is 271 g/mol. The van der Waals surface area contributed by atoms with Crippen LogP contribution in [-0.2, 0) is 0 Å². The van der Waals surface area contributed by atoms with Gasteiger partial charge in [-0.15, -0.1) is 0 Å². The second-order valence-electron chi connectivity index (χ2n) is 5.28. The van der Waals surface area contributed by atoms with Gasteiger partial charge in [-0.25, -0.2) is 4.42 Å². The molecule has 0 atom stereocenters. The van der Waals surface area contributed by atoms with Crippen LogP contribution in [0.1, 0.15) is 5.56 Å². The van der Waals surface area contributed by atoms with Gasteiger partial charge in [-0.1, -0.05) is 48.5 Å². The second kappa shape index (κ2) is 4.71. The van der Waals surface area contributed by atoms with Gasteiger partial charge in [-0.2, -0.15) is 0 Å². The molecule has 3 aromatic carbocycles. The van der Waals surface area contributed by atoms with Gasteiger partial charge in [0, 0.05) is 17.7 Å². The molecular formula is C20H15O+. The lowest BCUT2D eigenvalue weighted by Gasteiger charge is -2.08. The standard InChI is InChI=1S/C20H15O/c1-14-8-2-3-9-15(14)20-16-10-4-6-12-18(16)21-19-13-7-5-11-17(19)20/h2-13H,1H3/q+1. The molecule has 4 aromatic rings. The van der Waals surface area contributed by atoms with E-state index in [2.05, 4.69) is 55.5 Å². The lowest BCUT2D eigenvalue weighted by atomic mass is 9.94. The van der Waals surface area contributed by atoms with E-state index in [9.17, 15) is 0 Å². The molecule has 1 heteroatoms. The van der Waals surface area contributed by atoms with Gasteiger partial charge in [0.05, 0.1) is 10.8 Å². The maximum absolute atomic E-state index is 6.05. The highest BCUT2D eigenvalue weighted by Gasteiger charge is 2.19. The fourth-order valence-corrected chi connectivity index (χ4v) is 2.93. The van der Waals surface area contributed by atoms with Crippen molar-refractivity contribution in [1.29, 1.82) is 0 Å². The summed E-state index contributed by atoms with van der Waals surface area (Å²) in [6, 6.07) is 25.0. The maximum atomic E-state index is 6.05. The topological polar surface area (TPSA) is 11.3 Å². The van der Waals surface area contributed by atoms with Gasteiger partial charge >= 0.3 is 11.2 Å². The largest absolute Gasteiger partial charge is 0.361 e. The van der Waals surface area contributed by atoms with Crippen molar-refractivity contribution in [3.05, 3.63) is 78.4 Å². The van der Waals surface area contributed by atoms with E-state index in [0.29, 0.717) is 0 Å². The van der Waals surface area contributed by atoms with Crippen molar-refractivity contribution < 1.29 is 4.42 Å². The number of fused-ring (bicyclic) bond motifs is 2. The van der Waals surface area contributed by atoms with E-state index in [4.69, 9.17) is 4.42 Å². The summed E-state index contributed by atoms with van der Waals surface area (Å²) in [5.41, 5.74) is 5.65. The summed E-state index contributed by atoms with van der Waals surface area (Å²) < 4.78 is 6.05. The molecule has 1 nitrogen and oxygen atoms in total. The number of para-hydroxylation sites is 2. The third-order valence-electron chi connectivity index (χ3n) is 3.95. The van der Waals surface area contributed by atoms with Crippen molar-refractivity contribution in [3.8, 4) is 11.1 Å². The first-order valence-corrected chi connectivity index (χ1v) is 7.14. The minimum Gasteiger partial charge on any atom is -0.207 e. The Hall–Kier alpha value is -2.67. The summed E-state index contributed by atoms with van der Waals surface area (Å²) in [6.45, 7) is 2.16. The van der Waals surface area contributed by atoms with Crippen LogP contribution in [0.3, 0.4) is 0 Å². The molecule has 0 bridgehead atoms. The number of aryl methyl sites for hydroxylation is 1. The fourth-order valence-electron chi connectivity index (χ4n) is 2.93. The van der Waals surface area contributed by atoms with Crippen LogP contribution in [0, 0.1) is 6.92 Å². The summed E-state index contributed by atoms with van der Waals surface area (Å²) in [7, 11) is 0. The van der Waals surface area contributed by atoms with Crippen molar-refractivity contribution in [2.45, 2.75) is 6.92 Å². The summed E-state index contributed by atoms with van der Waals surface area (Å²) in [5.74, 6) is 0. The summed E-state index contributed by atoms with van der Waals surface area (Å²) >= 11 is 0. The van der Waals surface area contributed by atoms with E-state index in [1.807, 2.05) is 24.3 Å². The molecule has 0 spiro atoms. The Morgan fingerprint density at radius 3 is 1.76 bits per heavy atom. The van der Waals surface area contributed by atoms with Crippen molar-refractivity contribution in [1.82, 2.24) is 0 Å². The van der Waals surface area contributed by atoms with Crippen LogP contribution in [0.15, 0.2) is 77.2 Å². The molecule has 0 aliphatic heterocycles. The van der Waals surface area contributed by atoms with Crippen LogP contribution >= 0.6 is 0 Å². The molecule has 0 N–H and O–H groups in total. The van der Waals surface area contributed by atoms with Crippen LogP contribution < -0.4 is 0 Å². The highest BCUT2D eigenvalue weighted by Crippen LogP contribution is 2.37. The van der Waals surface area contributed by atoms with Crippen LogP contribution in [-0.4, -0.2) is 0 Å². The molecule has 100 valence electrons. The van der Waals surface area contributed by atoms with Gasteiger partial charge in [-0.3, -0.25) is 0 Å². The smallest absolute Gasteiger partial charge is 0.207 e. The van der Waals surface area contributed by atoms with Crippen LogP contribution in [0.2, 0.25) is 0 Å². The fraction of sp³-hybridized carbons (Fsp3) is 0.0500. The van der Waals surface area contributed by atoms with Gasteiger partial charge in [0.25, 0.3) is 0 Å². The van der Waals surface area contributed by atoms with Crippen molar-refractivity contribution in [2.24, 2.45) is 0 Å². The number of benzene rings is 3. The summed E-state index contributed by atoms with van der Waals surface area (Å²) in [5, 5.41) is 2.32. The van der Waals surface area contributed by atoms with Crippen molar-refractivity contribution >= 4 is 21.9 Å². The zero-order valence-electron chi connectivity index (χ0n) is 11.8. The van der Waals surface area contributed by atoms with Gasteiger partial charge in [0.15, 0.2) is 0 Å². The molecule has 0 saturated heterocycles. The Morgan fingerprint density at radius 2 is 1.14 bits per heavy atom. The molecule has 0 saturated carbocycles. The predicted molar refractivity (Wildman–Crippen MR) is 88.3 cm³/mol.